The van der Waals surface area contributed by atoms with E-state index in [4.69, 9.17) is 10.8 Å². The van der Waals surface area contributed by atoms with Crippen LogP contribution in [0.2, 0.25) is 0 Å². The average molecular weight is 178 g/mol. The molecule has 0 saturated carbocycles. The molecule has 0 radical (unpaired) electrons. The third-order valence-electron chi connectivity index (χ3n) is 1.37. The maximum absolute atomic E-state index is 10.2. The minimum Gasteiger partial charge on any atom is -0.480 e. The van der Waals surface area contributed by atoms with E-state index in [0.717, 1.165) is 19.4 Å². The molecular formula is C6H14N2O2S. The van der Waals surface area contributed by atoms with Crippen LogP contribution < -0.4 is 10.5 Å². The molecule has 0 saturated heterocycles. The Kier molecular flexibility index (Phi) is 6.30. The topological polar surface area (TPSA) is 75.3 Å². The minimum absolute atomic E-state index is 0.533. The first-order valence-corrected chi connectivity index (χ1v) is 3.98. The SMILES string of the molecule is NC(CCCCNS)C(=O)O. The van der Waals surface area contributed by atoms with Crippen molar-refractivity contribution in [2.75, 3.05) is 6.54 Å². The van der Waals surface area contributed by atoms with Gasteiger partial charge in [-0.05, 0) is 12.8 Å². The van der Waals surface area contributed by atoms with Crippen LogP contribution in [0, 0.1) is 0 Å². The molecule has 0 aliphatic rings. The highest BCUT2D eigenvalue weighted by Crippen LogP contribution is 1.97. The Bertz CT molecular complexity index is 121. The van der Waals surface area contributed by atoms with Crippen molar-refractivity contribution in [3.05, 3.63) is 0 Å². The summed E-state index contributed by atoms with van der Waals surface area (Å²) in [5.41, 5.74) is 5.26. The summed E-state index contributed by atoms with van der Waals surface area (Å²) in [6, 6.07) is -0.713. The predicted molar refractivity (Wildman–Crippen MR) is 46.5 cm³/mol. The molecule has 5 heteroatoms. The Morgan fingerprint density at radius 2 is 2.27 bits per heavy atom. The lowest BCUT2D eigenvalue weighted by molar-refractivity contribution is -0.138. The second kappa shape index (κ2) is 6.45. The predicted octanol–water partition coefficient (Wildman–Crippen LogP) is 0.00300. The summed E-state index contributed by atoms with van der Waals surface area (Å²) in [4.78, 5) is 10.2. The van der Waals surface area contributed by atoms with Crippen molar-refractivity contribution < 1.29 is 9.90 Å². The van der Waals surface area contributed by atoms with E-state index in [1.54, 1.807) is 0 Å². The molecular weight excluding hydrogens is 164 g/mol. The van der Waals surface area contributed by atoms with Gasteiger partial charge in [-0.3, -0.25) is 9.52 Å². The summed E-state index contributed by atoms with van der Waals surface area (Å²) in [5, 5.41) is 8.38. The molecule has 0 aliphatic carbocycles. The van der Waals surface area contributed by atoms with Gasteiger partial charge in [0, 0.05) is 6.54 Å². The van der Waals surface area contributed by atoms with Crippen LogP contribution in [0.15, 0.2) is 0 Å². The van der Waals surface area contributed by atoms with E-state index < -0.39 is 12.0 Å². The zero-order chi connectivity index (χ0) is 8.69. The zero-order valence-electron chi connectivity index (χ0n) is 6.29. The van der Waals surface area contributed by atoms with Gasteiger partial charge in [0.25, 0.3) is 0 Å². The maximum atomic E-state index is 10.2. The quantitative estimate of drug-likeness (QED) is 0.341. The molecule has 0 bridgehead atoms. The second-order valence-electron chi connectivity index (χ2n) is 2.35. The molecule has 4 nitrogen and oxygen atoms in total. The fraction of sp³-hybridized carbons (Fsp3) is 0.833. The number of nitrogens with one attached hydrogen (secondary N) is 1. The number of aliphatic carboxylic acids is 1. The fourth-order valence-corrected chi connectivity index (χ4v) is 0.850. The van der Waals surface area contributed by atoms with E-state index in [9.17, 15) is 4.79 Å². The first kappa shape index (κ1) is 10.7. The van der Waals surface area contributed by atoms with Crippen molar-refractivity contribution in [1.29, 1.82) is 0 Å². The number of hydrogen-bond donors (Lipinski definition) is 4. The van der Waals surface area contributed by atoms with Crippen LogP contribution in [0.5, 0.6) is 0 Å². The standard InChI is InChI=1S/C6H14N2O2S/c7-5(6(9)10)3-1-2-4-8-11/h5,8,11H,1-4,7H2,(H,9,10). The number of nitrogens with two attached hydrogens (primary N) is 1. The lowest BCUT2D eigenvalue weighted by Gasteiger charge is -2.04. The Morgan fingerprint density at radius 3 is 2.73 bits per heavy atom. The van der Waals surface area contributed by atoms with Gasteiger partial charge >= 0.3 is 5.97 Å². The van der Waals surface area contributed by atoms with Gasteiger partial charge in [-0.15, -0.1) is 0 Å². The van der Waals surface area contributed by atoms with Gasteiger partial charge in [-0.1, -0.05) is 19.2 Å². The van der Waals surface area contributed by atoms with Crippen LogP contribution in [-0.2, 0) is 4.79 Å². The molecule has 1 atom stereocenters. The summed E-state index contributed by atoms with van der Waals surface area (Å²) in [7, 11) is 0. The summed E-state index contributed by atoms with van der Waals surface area (Å²) >= 11 is 3.79. The molecule has 0 spiro atoms. The van der Waals surface area contributed by atoms with Gasteiger partial charge in [-0.2, -0.15) is 0 Å². The van der Waals surface area contributed by atoms with Crippen molar-refractivity contribution in [3.63, 3.8) is 0 Å². The molecule has 0 aromatic rings. The van der Waals surface area contributed by atoms with Crippen molar-refractivity contribution in [2.24, 2.45) is 5.73 Å². The number of unbranched alkanes of at least 4 members (excludes halogenated alkanes) is 1. The number of rotatable bonds is 6. The fourth-order valence-electron chi connectivity index (χ4n) is 0.692. The highest BCUT2D eigenvalue weighted by Gasteiger charge is 2.09. The van der Waals surface area contributed by atoms with Crippen LogP contribution in [0.25, 0.3) is 0 Å². The van der Waals surface area contributed by atoms with E-state index >= 15 is 0 Å². The lowest BCUT2D eigenvalue weighted by Crippen LogP contribution is -2.29. The van der Waals surface area contributed by atoms with E-state index in [1.807, 2.05) is 0 Å². The molecule has 66 valence electrons. The molecule has 0 fully saturated rings. The van der Waals surface area contributed by atoms with Crippen LogP contribution in [0.4, 0.5) is 0 Å². The van der Waals surface area contributed by atoms with E-state index in [-0.39, 0.29) is 0 Å². The Balaban J connectivity index is 3.17. The third-order valence-corrected chi connectivity index (χ3v) is 1.59. The largest absolute Gasteiger partial charge is 0.480 e. The lowest BCUT2D eigenvalue weighted by atomic mass is 10.1. The highest BCUT2D eigenvalue weighted by atomic mass is 32.1. The number of carboxylic acids is 1. The van der Waals surface area contributed by atoms with Crippen LogP contribution in [0.1, 0.15) is 19.3 Å². The molecule has 11 heavy (non-hydrogen) atoms. The maximum Gasteiger partial charge on any atom is 0.320 e. The number of thiol groups is 1. The number of carboxylic acid groups (broad SMARTS) is 1. The summed E-state index contributed by atoms with van der Waals surface area (Å²) in [5.74, 6) is -0.927. The van der Waals surface area contributed by atoms with Gasteiger partial charge in [-0.25, -0.2) is 0 Å². The summed E-state index contributed by atoms with van der Waals surface area (Å²) in [6.45, 7) is 0.787. The molecule has 0 aromatic heterocycles. The second-order valence-corrected chi connectivity index (χ2v) is 2.66. The minimum atomic E-state index is -0.927. The van der Waals surface area contributed by atoms with E-state index in [1.165, 1.54) is 0 Å². The number of carbonyl (C=O) groups is 1. The van der Waals surface area contributed by atoms with E-state index in [0.29, 0.717) is 6.42 Å². The molecule has 0 aromatic carbocycles. The molecule has 4 N–H and O–H groups in total. The highest BCUT2D eigenvalue weighted by molar-refractivity contribution is 7.78. The Hall–Kier alpha value is -0.260. The monoisotopic (exact) mass is 178 g/mol. The average Bonchev–Trinajstić information content (AvgIpc) is 1.97. The van der Waals surface area contributed by atoms with Gasteiger partial charge in [0.1, 0.15) is 6.04 Å². The van der Waals surface area contributed by atoms with Gasteiger partial charge in [0.2, 0.25) is 0 Å². The summed E-state index contributed by atoms with van der Waals surface area (Å²) < 4.78 is 2.68. The Labute approximate surface area is 71.7 Å². The molecule has 0 rings (SSSR count). The molecule has 0 amide bonds. The van der Waals surface area contributed by atoms with Crippen molar-refractivity contribution in [1.82, 2.24) is 4.72 Å². The van der Waals surface area contributed by atoms with Gasteiger partial charge < -0.3 is 10.8 Å². The van der Waals surface area contributed by atoms with Gasteiger partial charge in [0.05, 0.1) is 0 Å². The smallest absolute Gasteiger partial charge is 0.320 e. The van der Waals surface area contributed by atoms with Crippen LogP contribution in [-0.4, -0.2) is 23.7 Å². The molecule has 0 aliphatic heterocycles. The Morgan fingerprint density at radius 1 is 1.64 bits per heavy atom. The molecule has 0 heterocycles. The van der Waals surface area contributed by atoms with Crippen molar-refractivity contribution >= 4 is 18.8 Å². The third kappa shape index (κ3) is 6.15. The van der Waals surface area contributed by atoms with Crippen molar-refractivity contribution in [2.45, 2.75) is 25.3 Å². The number of hydrogen-bond acceptors (Lipinski definition) is 4. The van der Waals surface area contributed by atoms with Crippen LogP contribution in [0.3, 0.4) is 0 Å². The van der Waals surface area contributed by atoms with Gasteiger partial charge in [0.15, 0.2) is 0 Å². The first-order chi connectivity index (χ1) is 5.18. The first-order valence-electron chi connectivity index (χ1n) is 3.54. The van der Waals surface area contributed by atoms with Crippen molar-refractivity contribution in [3.8, 4) is 0 Å². The molecule has 1 unspecified atom stereocenters. The normalized spacial score (nSPS) is 12.9. The summed E-state index contributed by atoms with van der Waals surface area (Å²) in [6.07, 6.45) is 2.26. The van der Waals surface area contributed by atoms with Crippen LogP contribution >= 0.6 is 12.8 Å². The zero-order valence-corrected chi connectivity index (χ0v) is 7.18. The van der Waals surface area contributed by atoms with E-state index in [2.05, 4.69) is 17.5 Å².